The van der Waals surface area contributed by atoms with Crippen LogP contribution in [0, 0.1) is 0 Å². The van der Waals surface area contributed by atoms with Crippen LogP contribution < -0.4 is 4.90 Å². The molecule has 3 heterocycles. The summed E-state index contributed by atoms with van der Waals surface area (Å²) in [6.45, 7) is 3.66. The van der Waals surface area contributed by atoms with Crippen LogP contribution in [0.4, 0.5) is 5.82 Å². The second-order valence-electron chi connectivity index (χ2n) is 6.46. The summed E-state index contributed by atoms with van der Waals surface area (Å²) in [5.41, 5.74) is 5.19. The fourth-order valence-electron chi connectivity index (χ4n) is 3.05. The average Bonchev–Trinajstić information content (AvgIpc) is 2.74. The van der Waals surface area contributed by atoms with Crippen LogP contribution in [0.2, 0.25) is 0 Å². The zero-order valence-corrected chi connectivity index (χ0v) is 15.3. The van der Waals surface area contributed by atoms with Gasteiger partial charge in [-0.2, -0.15) is 0 Å². The molecule has 5 heteroatoms. The predicted octanol–water partition coefficient (Wildman–Crippen LogP) is 4.19. The van der Waals surface area contributed by atoms with Crippen molar-refractivity contribution in [3.63, 3.8) is 0 Å². The van der Waals surface area contributed by atoms with Gasteiger partial charge in [0.25, 0.3) is 0 Å². The van der Waals surface area contributed by atoms with E-state index in [2.05, 4.69) is 57.1 Å². The molecule has 0 N–H and O–H groups in total. The monoisotopic (exact) mass is 355 g/mol. The first kappa shape index (κ1) is 17.1. The van der Waals surface area contributed by atoms with Crippen molar-refractivity contribution in [3.05, 3.63) is 90.0 Å². The van der Waals surface area contributed by atoms with Gasteiger partial charge < -0.3 is 4.90 Å². The summed E-state index contributed by atoms with van der Waals surface area (Å²) in [4.78, 5) is 19.9. The van der Waals surface area contributed by atoms with E-state index in [0.717, 1.165) is 36.4 Å². The van der Waals surface area contributed by atoms with E-state index in [9.17, 15) is 0 Å². The Kier molecular flexibility index (Phi) is 5.01. The zero-order valence-electron chi connectivity index (χ0n) is 15.3. The second-order valence-corrected chi connectivity index (χ2v) is 6.46. The third-order valence-electron chi connectivity index (χ3n) is 4.54. The molecule has 0 aliphatic carbocycles. The number of nitrogens with zero attached hydrogens (tertiary/aromatic N) is 5. The minimum absolute atomic E-state index is 0.660. The number of pyridine rings is 2. The molecular formula is C22H21N5. The molecule has 0 saturated carbocycles. The zero-order chi connectivity index (χ0) is 18.5. The molecule has 0 fully saturated rings. The van der Waals surface area contributed by atoms with Crippen molar-refractivity contribution in [3.8, 4) is 0 Å². The molecule has 134 valence electrons. The third-order valence-corrected chi connectivity index (χ3v) is 4.54. The van der Waals surface area contributed by atoms with E-state index in [0.29, 0.717) is 5.65 Å². The van der Waals surface area contributed by atoms with Crippen LogP contribution in [0.25, 0.3) is 11.2 Å². The fraction of sp³-hybridized carbons (Fsp3) is 0.182. The Bertz CT molecular complexity index is 1020. The molecule has 0 amide bonds. The van der Waals surface area contributed by atoms with Crippen LogP contribution in [0.5, 0.6) is 0 Å². The van der Waals surface area contributed by atoms with Crippen LogP contribution in [0.15, 0.2) is 73.3 Å². The molecular weight excluding hydrogens is 334 g/mol. The first-order chi connectivity index (χ1) is 13.3. The first-order valence-electron chi connectivity index (χ1n) is 9.11. The van der Waals surface area contributed by atoms with Gasteiger partial charge in [0.15, 0.2) is 5.65 Å². The Labute approximate surface area is 158 Å². The highest BCUT2D eigenvalue weighted by Crippen LogP contribution is 2.20. The lowest BCUT2D eigenvalue weighted by Gasteiger charge is -2.24. The molecule has 0 spiro atoms. The smallest absolute Gasteiger partial charge is 0.180 e. The topological polar surface area (TPSA) is 54.8 Å². The van der Waals surface area contributed by atoms with Gasteiger partial charge in [0.2, 0.25) is 0 Å². The van der Waals surface area contributed by atoms with Crippen molar-refractivity contribution >= 4 is 17.0 Å². The van der Waals surface area contributed by atoms with Gasteiger partial charge in [-0.25, -0.2) is 9.97 Å². The molecule has 0 unspecified atom stereocenters. The Balaban J connectivity index is 1.67. The molecule has 3 aromatic heterocycles. The van der Waals surface area contributed by atoms with E-state index in [1.807, 2.05) is 24.4 Å². The van der Waals surface area contributed by atoms with Gasteiger partial charge >= 0.3 is 0 Å². The molecule has 4 aromatic rings. The molecule has 0 bridgehead atoms. The van der Waals surface area contributed by atoms with Crippen LogP contribution >= 0.6 is 0 Å². The standard InChI is InChI=1S/C22H21N5/c1-2-17-5-7-18(8-6-17)15-27(16-19-4-3-11-23-14-19)21-10-9-20-22(26-21)25-13-12-24-20/h3-14H,2,15-16H2,1H3. The van der Waals surface area contributed by atoms with E-state index in [1.165, 1.54) is 11.1 Å². The quantitative estimate of drug-likeness (QED) is 0.519. The van der Waals surface area contributed by atoms with Crippen molar-refractivity contribution in [2.75, 3.05) is 4.90 Å². The minimum Gasteiger partial charge on any atom is -0.348 e. The Hall–Kier alpha value is -3.34. The molecule has 5 nitrogen and oxygen atoms in total. The summed E-state index contributed by atoms with van der Waals surface area (Å²) in [6.07, 6.45) is 8.10. The van der Waals surface area contributed by atoms with Crippen LogP contribution in [-0.4, -0.2) is 19.9 Å². The second kappa shape index (κ2) is 7.91. The minimum atomic E-state index is 0.660. The highest BCUT2D eigenvalue weighted by molar-refractivity contribution is 5.71. The van der Waals surface area contributed by atoms with Gasteiger partial charge in [-0.1, -0.05) is 37.3 Å². The number of benzene rings is 1. The largest absolute Gasteiger partial charge is 0.348 e. The molecule has 0 aliphatic heterocycles. The van der Waals surface area contributed by atoms with Crippen molar-refractivity contribution in [2.45, 2.75) is 26.4 Å². The van der Waals surface area contributed by atoms with E-state index >= 15 is 0 Å². The highest BCUT2D eigenvalue weighted by atomic mass is 15.2. The van der Waals surface area contributed by atoms with E-state index in [4.69, 9.17) is 4.98 Å². The number of rotatable bonds is 6. The summed E-state index contributed by atoms with van der Waals surface area (Å²) in [5.74, 6) is 0.881. The van der Waals surface area contributed by atoms with Crippen LogP contribution in [-0.2, 0) is 19.5 Å². The highest BCUT2D eigenvalue weighted by Gasteiger charge is 2.12. The van der Waals surface area contributed by atoms with Crippen molar-refractivity contribution in [2.24, 2.45) is 0 Å². The van der Waals surface area contributed by atoms with Gasteiger partial charge in [-0.3, -0.25) is 9.97 Å². The summed E-state index contributed by atoms with van der Waals surface area (Å²) in [6, 6.07) is 16.8. The van der Waals surface area contributed by atoms with Gasteiger partial charge in [0.1, 0.15) is 11.3 Å². The lowest BCUT2D eigenvalue weighted by molar-refractivity contribution is 0.782. The third kappa shape index (κ3) is 4.08. The molecule has 1 aromatic carbocycles. The first-order valence-corrected chi connectivity index (χ1v) is 9.11. The van der Waals surface area contributed by atoms with E-state index in [1.54, 1.807) is 18.6 Å². The number of fused-ring (bicyclic) bond motifs is 1. The molecule has 4 rings (SSSR count). The van der Waals surface area contributed by atoms with Crippen molar-refractivity contribution in [1.29, 1.82) is 0 Å². The maximum absolute atomic E-state index is 4.73. The van der Waals surface area contributed by atoms with Gasteiger partial charge in [-0.15, -0.1) is 0 Å². The maximum atomic E-state index is 4.73. The lowest BCUT2D eigenvalue weighted by Crippen LogP contribution is -2.23. The number of anilines is 1. The Morgan fingerprint density at radius 1 is 0.778 bits per heavy atom. The molecule has 27 heavy (non-hydrogen) atoms. The Morgan fingerprint density at radius 3 is 2.33 bits per heavy atom. The van der Waals surface area contributed by atoms with E-state index in [-0.39, 0.29) is 0 Å². The summed E-state index contributed by atoms with van der Waals surface area (Å²) >= 11 is 0. The van der Waals surface area contributed by atoms with Gasteiger partial charge in [0.05, 0.1) is 0 Å². The number of aromatic nitrogens is 4. The number of hydrogen-bond donors (Lipinski definition) is 0. The molecule has 0 atom stereocenters. The molecule has 0 aliphatic rings. The van der Waals surface area contributed by atoms with Gasteiger partial charge in [-0.05, 0) is 41.3 Å². The normalized spacial score (nSPS) is 10.9. The van der Waals surface area contributed by atoms with E-state index < -0.39 is 0 Å². The summed E-state index contributed by atoms with van der Waals surface area (Å²) in [5, 5.41) is 0. The van der Waals surface area contributed by atoms with Crippen LogP contribution in [0.3, 0.4) is 0 Å². The predicted molar refractivity (Wildman–Crippen MR) is 107 cm³/mol. The summed E-state index contributed by atoms with van der Waals surface area (Å²) < 4.78 is 0. The van der Waals surface area contributed by atoms with Crippen LogP contribution in [0.1, 0.15) is 23.6 Å². The maximum Gasteiger partial charge on any atom is 0.180 e. The average molecular weight is 355 g/mol. The Morgan fingerprint density at radius 2 is 1.56 bits per heavy atom. The number of hydrogen-bond acceptors (Lipinski definition) is 5. The molecule has 0 radical (unpaired) electrons. The summed E-state index contributed by atoms with van der Waals surface area (Å²) in [7, 11) is 0. The fourth-order valence-corrected chi connectivity index (χ4v) is 3.05. The SMILES string of the molecule is CCc1ccc(CN(Cc2cccnc2)c2ccc3nccnc3n2)cc1. The van der Waals surface area contributed by atoms with Gasteiger partial charge in [0, 0.05) is 37.9 Å². The molecule has 0 saturated heterocycles. The van der Waals surface area contributed by atoms with Crippen molar-refractivity contribution in [1.82, 2.24) is 19.9 Å². The van der Waals surface area contributed by atoms with Crippen molar-refractivity contribution < 1.29 is 0 Å². The lowest BCUT2D eigenvalue weighted by atomic mass is 10.1. The number of aryl methyl sites for hydroxylation is 1.